The normalized spacial score (nSPS) is 26.7. The molecule has 1 aliphatic rings. The Balaban J connectivity index is 0.000000771. The van der Waals surface area contributed by atoms with Gasteiger partial charge in [-0.1, -0.05) is 43.1 Å². The minimum absolute atomic E-state index is 0.0687. The van der Waals surface area contributed by atoms with E-state index in [1.165, 1.54) is 0 Å². The van der Waals surface area contributed by atoms with Crippen molar-refractivity contribution in [2.75, 3.05) is 13.2 Å². The zero-order valence-electron chi connectivity index (χ0n) is 10.7. The molecule has 2 rings (SSSR count). The van der Waals surface area contributed by atoms with Crippen molar-refractivity contribution in [2.24, 2.45) is 0 Å². The van der Waals surface area contributed by atoms with Crippen LogP contribution in [0.1, 0.15) is 26.3 Å². The average Bonchev–Trinajstić information content (AvgIpc) is 2.74. The maximum absolute atomic E-state index is 9.00. The second-order valence-electron chi connectivity index (χ2n) is 3.80. The van der Waals surface area contributed by atoms with Crippen molar-refractivity contribution in [3.05, 3.63) is 33.8 Å². The van der Waals surface area contributed by atoms with Crippen LogP contribution in [0.5, 0.6) is 0 Å². The third kappa shape index (κ3) is 3.37. The van der Waals surface area contributed by atoms with E-state index in [2.05, 4.69) is 0 Å². The number of ether oxygens (including phenoxy) is 2. The first-order valence-electron chi connectivity index (χ1n) is 5.93. The van der Waals surface area contributed by atoms with Gasteiger partial charge in [0.1, 0.15) is 6.10 Å². The van der Waals surface area contributed by atoms with Gasteiger partial charge >= 0.3 is 0 Å². The van der Waals surface area contributed by atoms with Crippen LogP contribution in [0, 0.1) is 0 Å². The van der Waals surface area contributed by atoms with Crippen LogP contribution in [0.4, 0.5) is 0 Å². The zero-order chi connectivity index (χ0) is 13.8. The Morgan fingerprint density at radius 1 is 1.39 bits per heavy atom. The van der Waals surface area contributed by atoms with Gasteiger partial charge in [0.05, 0.1) is 18.2 Å². The predicted molar refractivity (Wildman–Crippen MR) is 73.1 cm³/mol. The number of aliphatic hydroxyl groups excluding tert-OH is 1. The molecule has 1 saturated heterocycles. The van der Waals surface area contributed by atoms with Crippen LogP contribution in [0.25, 0.3) is 0 Å². The van der Waals surface area contributed by atoms with Crippen LogP contribution in [0.2, 0.25) is 10.0 Å². The Morgan fingerprint density at radius 3 is 2.56 bits per heavy atom. The number of benzene rings is 1. The summed E-state index contributed by atoms with van der Waals surface area (Å²) in [5.41, 5.74) is 0.717. The minimum atomic E-state index is -0.908. The van der Waals surface area contributed by atoms with Gasteiger partial charge in [-0.3, -0.25) is 0 Å². The van der Waals surface area contributed by atoms with Gasteiger partial charge in [-0.15, -0.1) is 0 Å². The topological polar surface area (TPSA) is 38.7 Å². The van der Waals surface area contributed by atoms with E-state index in [9.17, 15) is 0 Å². The predicted octanol–water partition coefficient (Wildman–Crippen LogP) is 3.60. The van der Waals surface area contributed by atoms with Crippen LogP contribution < -0.4 is 0 Å². The Labute approximate surface area is 118 Å². The number of hydrogen-bond donors (Lipinski definition) is 1. The van der Waals surface area contributed by atoms with E-state index in [0.717, 1.165) is 5.56 Å². The van der Waals surface area contributed by atoms with Crippen molar-refractivity contribution in [3.8, 4) is 0 Å². The van der Waals surface area contributed by atoms with Crippen molar-refractivity contribution in [3.63, 3.8) is 0 Å². The summed E-state index contributed by atoms with van der Waals surface area (Å²) in [7, 11) is 0. The number of rotatable bonds is 2. The zero-order valence-corrected chi connectivity index (χ0v) is 12.3. The molecule has 5 heteroatoms. The largest absolute Gasteiger partial charge is 0.394 e. The van der Waals surface area contributed by atoms with E-state index in [1.807, 2.05) is 13.8 Å². The highest BCUT2D eigenvalue weighted by Gasteiger charge is 2.39. The van der Waals surface area contributed by atoms with Gasteiger partial charge < -0.3 is 14.6 Å². The monoisotopic (exact) mass is 292 g/mol. The summed E-state index contributed by atoms with van der Waals surface area (Å²) in [6.45, 7) is 6.06. The summed E-state index contributed by atoms with van der Waals surface area (Å²) in [6.07, 6.45) is -0.309. The number of halogens is 2. The molecule has 1 heterocycles. The fraction of sp³-hybridized carbons (Fsp3) is 0.538. The van der Waals surface area contributed by atoms with Crippen molar-refractivity contribution in [2.45, 2.75) is 32.7 Å². The van der Waals surface area contributed by atoms with Gasteiger partial charge in [-0.2, -0.15) is 0 Å². The summed E-state index contributed by atoms with van der Waals surface area (Å²) in [5.74, 6) is -0.908. The highest BCUT2D eigenvalue weighted by molar-refractivity contribution is 6.35. The fourth-order valence-electron chi connectivity index (χ4n) is 1.73. The molecule has 1 fully saturated rings. The maximum atomic E-state index is 9.00. The van der Waals surface area contributed by atoms with Crippen LogP contribution in [0.3, 0.4) is 0 Å². The minimum Gasteiger partial charge on any atom is -0.394 e. The molecule has 0 bridgehead atoms. The quantitative estimate of drug-likeness (QED) is 0.905. The molecular formula is C13H18Cl2O3. The van der Waals surface area contributed by atoms with Gasteiger partial charge in [-0.05, 0) is 19.1 Å². The van der Waals surface area contributed by atoms with E-state index in [0.29, 0.717) is 16.7 Å². The van der Waals surface area contributed by atoms with Gasteiger partial charge in [-0.25, -0.2) is 0 Å². The van der Waals surface area contributed by atoms with Crippen LogP contribution >= 0.6 is 23.2 Å². The second kappa shape index (κ2) is 6.73. The summed E-state index contributed by atoms with van der Waals surface area (Å²) in [5, 5.41) is 10.1. The molecule has 3 nitrogen and oxygen atoms in total. The van der Waals surface area contributed by atoms with E-state index in [-0.39, 0.29) is 12.7 Å². The summed E-state index contributed by atoms with van der Waals surface area (Å²) in [6, 6.07) is 5.14. The SMILES string of the molecule is CC.CC1(c2ccc(Cl)cc2Cl)OCC(CO)O1. The van der Waals surface area contributed by atoms with Gasteiger partial charge in [0.15, 0.2) is 5.79 Å². The highest BCUT2D eigenvalue weighted by atomic mass is 35.5. The molecule has 0 spiro atoms. The van der Waals surface area contributed by atoms with Crippen molar-refractivity contribution in [1.29, 1.82) is 0 Å². The van der Waals surface area contributed by atoms with E-state index >= 15 is 0 Å². The Hall–Kier alpha value is -0.320. The lowest BCUT2D eigenvalue weighted by Crippen LogP contribution is -2.25. The van der Waals surface area contributed by atoms with E-state index in [4.69, 9.17) is 37.8 Å². The molecule has 1 N–H and O–H groups in total. The molecule has 0 aromatic heterocycles. The molecule has 1 aliphatic heterocycles. The standard InChI is InChI=1S/C11H12Cl2O3.C2H6/c1-11(15-6-8(5-14)16-11)9-3-2-7(12)4-10(9)13;1-2/h2-4,8,14H,5-6H2,1H3;1-2H3. The lowest BCUT2D eigenvalue weighted by atomic mass is 10.1. The average molecular weight is 293 g/mol. The molecule has 18 heavy (non-hydrogen) atoms. The molecule has 0 saturated carbocycles. The summed E-state index contributed by atoms with van der Waals surface area (Å²) in [4.78, 5) is 0. The van der Waals surface area contributed by atoms with Gasteiger partial charge in [0.2, 0.25) is 0 Å². The number of aliphatic hydroxyl groups is 1. The molecular weight excluding hydrogens is 275 g/mol. The second-order valence-corrected chi connectivity index (χ2v) is 4.65. The summed E-state index contributed by atoms with van der Waals surface area (Å²) < 4.78 is 11.1. The first kappa shape index (κ1) is 15.7. The van der Waals surface area contributed by atoms with Crippen LogP contribution in [-0.4, -0.2) is 24.4 Å². The van der Waals surface area contributed by atoms with Crippen LogP contribution in [-0.2, 0) is 15.3 Å². The molecule has 0 radical (unpaired) electrons. The summed E-state index contributed by atoms with van der Waals surface area (Å²) >= 11 is 11.9. The maximum Gasteiger partial charge on any atom is 0.194 e. The smallest absolute Gasteiger partial charge is 0.194 e. The van der Waals surface area contributed by atoms with Crippen LogP contribution in [0.15, 0.2) is 18.2 Å². The van der Waals surface area contributed by atoms with Gasteiger partial charge in [0.25, 0.3) is 0 Å². The van der Waals surface area contributed by atoms with Gasteiger partial charge in [0, 0.05) is 10.6 Å². The Bertz CT molecular complexity index is 398. The van der Waals surface area contributed by atoms with E-state index < -0.39 is 5.79 Å². The third-order valence-electron chi connectivity index (χ3n) is 2.56. The number of hydrogen-bond acceptors (Lipinski definition) is 3. The lowest BCUT2D eigenvalue weighted by molar-refractivity contribution is -0.165. The Kier molecular flexibility index (Phi) is 5.89. The van der Waals surface area contributed by atoms with Crippen molar-refractivity contribution >= 4 is 23.2 Å². The molecule has 102 valence electrons. The molecule has 0 amide bonds. The van der Waals surface area contributed by atoms with E-state index in [1.54, 1.807) is 25.1 Å². The van der Waals surface area contributed by atoms with Crippen molar-refractivity contribution in [1.82, 2.24) is 0 Å². The highest BCUT2D eigenvalue weighted by Crippen LogP contribution is 2.38. The molecule has 1 aromatic carbocycles. The lowest BCUT2D eigenvalue weighted by Gasteiger charge is -2.24. The molecule has 2 unspecified atom stereocenters. The first-order valence-corrected chi connectivity index (χ1v) is 6.69. The molecule has 1 aromatic rings. The Morgan fingerprint density at radius 2 is 2.06 bits per heavy atom. The van der Waals surface area contributed by atoms with Crippen molar-refractivity contribution < 1.29 is 14.6 Å². The molecule has 0 aliphatic carbocycles. The third-order valence-corrected chi connectivity index (χ3v) is 3.11. The molecule has 2 atom stereocenters. The first-order chi connectivity index (χ1) is 8.55. The fourth-order valence-corrected chi connectivity index (χ4v) is 2.31.